The van der Waals surface area contributed by atoms with Crippen molar-refractivity contribution in [1.29, 1.82) is 0 Å². The highest BCUT2D eigenvalue weighted by molar-refractivity contribution is 7.11. The molecule has 0 aromatic carbocycles. The highest BCUT2D eigenvalue weighted by Crippen LogP contribution is 2.27. The van der Waals surface area contributed by atoms with Crippen molar-refractivity contribution >= 4 is 11.3 Å². The molecule has 1 aromatic rings. The first-order valence-electron chi connectivity index (χ1n) is 6.39. The van der Waals surface area contributed by atoms with Gasteiger partial charge in [0.2, 0.25) is 0 Å². The van der Waals surface area contributed by atoms with Crippen LogP contribution >= 0.6 is 11.3 Å². The fraction of sp³-hybridized carbons (Fsp3) is 0.769. The van der Waals surface area contributed by atoms with Crippen LogP contribution in [0.2, 0.25) is 0 Å². The Balaban J connectivity index is 1.65. The number of rotatable bonds is 5. The molecule has 1 aromatic heterocycles. The van der Waals surface area contributed by atoms with Crippen LogP contribution in [-0.4, -0.2) is 11.5 Å². The third kappa shape index (κ3) is 3.29. The third-order valence-electron chi connectivity index (χ3n) is 3.49. The molecule has 1 heterocycles. The predicted octanol–water partition coefficient (Wildman–Crippen LogP) is 3.43. The van der Waals surface area contributed by atoms with E-state index in [1.807, 2.05) is 11.3 Å². The topological polar surface area (TPSA) is 24.9 Å². The molecule has 0 bridgehead atoms. The summed E-state index contributed by atoms with van der Waals surface area (Å²) < 4.78 is 0. The highest BCUT2D eigenvalue weighted by atomic mass is 32.1. The minimum atomic E-state index is 0.997. The lowest BCUT2D eigenvalue weighted by Crippen LogP contribution is -2.16. The molecule has 2 nitrogen and oxygen atoms in total. The summed E-state index contributed by atoms with van der Waals surface area (Å²) in [4.78, 5) is 5.85. The SMILES string of the molecule is Cc1nc(C)c(CNCCC2CCCC2)s1. The van der Waals surface area contributed by atoms with E-state index in [1.165, 1.54) is 54.2 Å². The number of nitrogens with zero attached hydrogens (tertiary/aromatic N) is 1. The molecule has 0 atom stereocenters. The van der Waals surface area contributed by atoms with Gasteiger partial charge in [0.25, 0.3) is 0 Å². The zero-order chi connectivity index (χ0) is 11.4. The lowest BCUT2D eigenvalue weighted by Gasteiger charge is -2.09. The van der Waals surface area contributed by atoms with Crippen molar-refractivity contribution in [1.82, 2.24) is 10.3 Å². The van der Waals surface area contributed by atoms with Crippen molar-refractivity contribution in [3.8, 4) is 0 Å². The maximum atomic E-state index is 4.45. The van der Waals surface area contributed by atoms with Gasteiger partial charge in [-0.3, -0.25) is 0 Å². The molecule has 2 rings (SSSR count). The van der Waals surface area contributed by atoms with Crippen molar-refractivity contribution < 1.29 is 0 Å². The van der Waals surface area contributed by atoms with Crippen molar-refractivity contribution in [2.75, 3.05) is 6.54 Å². The summed E-state index contributed by atoms with van der Waals surface area (Å²) in [6.07, 6.45) is 7.19. The first-order valence-corrected chi connectivity index (χ1v) is 7.21. The zero-order valence-electron chi connectivity index (χ0n) is 10.4. The Morgan fingerprint density at radius 3 is 2.69 bits per heavy atom. The van der Waals surface area contributed by atoms with E-state index in [9.17, 15) is 0 Å². The fourth-order valence-corrected chi connectivity index (χ4v) is 3.45. The summed E-state index contributed by atoms with van der Waals surface area (Å²) in [6, 6.07) is 0. The molecule has 90 valence electrons. The monoisotopic (exact) mass is 238 g/mol. The van der Waals surface area contributed by atoms with Crippen LogP contribution in [0.4, 0.5) is 0 Å². The van der Waals surface area contributed by atoms with Crippen molar-refractivity contribution in [3.05, 3.63) is 15.6 Å². The van der Waals surface area contributed by atoms with E-state index >= 15 is 0 Å². The van der Waals surface area contributed by atoms with Crippen LogP contribution in [0.25, 0.3) is 0 Å². The van der Waals surface area contributed by atoms with Gasteiger partial charge in [0.05, 0.1) is 10.7 Å². The maximum Gasteiger partial charge on any atom is 0.0900 e. The molecule has 1 saturated carbocycles. The van der Waals surface area contributed by atoms with Gasteiger partial charge in [0.1, 0.15) is 0 Å². The highest BCUT2D eigenvalue weighted by Gasteiger charge is 2.14. The molecule has 1 N–H and O–H groups in total. The normalized spacial score (nSPS) is 17.1. The molecular weight excluding hydrogens is 216 g/mol. The van der Waals surface area contributed by atoms with Crippen molar-refractivity contribution in [2.24, 2.45) is 5.92 Å². The van der Waals surface area contributed by atoms with Crippen LogP contribution in [-0.2, 0) is 6.54 Å². The molecule has 16 heavy (non-hydrogen) atoms. The molecule has 0 aliphatic heterocycles. The van der Waals surface area contributed by atoms with Crippen LogP contribution in [0.3, 0.4) is 0 Å². The second kappa shape index (κ2) is 5.78. The molecule has 0 radical (unpaired) electrons. The number of thiazole rings is 1. The van der Waals surface area contributed by atoms with Crippen molar-refractivity contribution in [3.63, 3.8) is 0 Å². The van der Waals surface area contributed by atoms with E-state index in [0.29, 0.717) is 0 Å². The molecule has 1 fully saturated rings. The summed E-state index contributed by atoms with van der Waals surface area (Å²) in [6.45, 7) is 6.36. The van der Waals surface area contributed by atoms with Gasteiger partial charge < -0.3 is 5.32 Å². The van der Waals surface area contributed by atoms with E-state index < -0.39 is 0 Å². The molecule has 0 amide bonds. The van der Waals surface area contributed by atoms with E-state index in [0.717, 1.165) is 12.5 Å². The second-order valence-electron chi connectivity index (χ2n) is 4.86. The van der Waals surface area contributed by atoms with Gasteiger partial charge in [-0.1, -0.05) is 25.7 Å². The summed E-state index contributed by atoms with van der Waals surface area (Å²) in [5, 5.41) is 4.74. The maximum absolute atomic E-state index is 4.45. The quantitative estimate of drug-likeness (QED) is 0.795. The Labute approximate surface area is 102 Å². The second-order valence-corrected chi connectivity index (χ2v) is 6.15. The first kappa shape index (κ1) is 12.1. The molecule has 0 unspecified atom stereocenters. The van der Waals surface area contributed by atoms with Gasteiger partial charge in [0.15, 0.2) is 0 Å². The lowest BCUT2D eigenvalue weighted by molar-refractivity contribution is 0.478. The minimum absolute atomic E-state index is 0.997. The third-order valence-corrected chi connectivity index (χ3v) is 4.56. The average molecular weight is 238 g/mol. The van der Waals surface area contributed by atoms with Gasteiger partial charge in [-0.15, -0.1) is 11.3 Å². The minimum Gasteiger partial charge on any atom is -0.312 e. The van der Waals surface area contributed by atoms with E-state index in [4.69, 9.17) is 0 Å². The summed E-state index contributed by atoms with van der Waals surface area (Å²) in [5.41, 5.74) is 1.20. The first-order chi connectivity index (χ1) is 7.75. The Morgan fingerprint density at radius 2 is 2.06 bits per heavy atom. The molecule has 0 saturated heterocycles. The Morgan fingerprint density at radius 1 is 1.31 bits per heavy atom. The number of aryl methyl sites for hydroxylation is 2. The van der Waals surface area contributed by atoms with Gasteiger partial charge in [0, 0.05) is 11.4 Å². The fourth-order valence-electron chi connectivity index (χ4n) is 2.54. The largest absolute Gasteiger partial charge is 0.312 e. The molecule has 1 aliphatic carbocycles. The van der Waals surface area contributed by atoms with Crippen LogP contribution in [0.1, 0.15) is 47.7 Å². The van der Waals surface area contributed by atoms with Gasteiger partial charge >= 0.3 is 0 Å². The van der Waals surface area contributed by atoms with E-state index in [2.05, 4.69) is 24.1 Å². The van der Waals surface area contributed by atoms with Gasteiger partial charge in [-0.25, -0.2) is 4.98 Å². The molecule has 1 aliphatic rings. The van der Waals surface area contributed by atoms with Gasteiger partial charge in [-0.05, 0) is 32.7 Å². The van der Waals surface area contributed by atoms with Crippen molar-refractivity contribution in [2.45, 2.75) is 52.5 Å². The lowest BCUT2D eigenvalue weighted by atomic mass is 10.0. The number of hydrogen-bond donors (Lipinski definition) is 1. The molecule has 0 spiro atoms. The number of aromatic nitrogens is 1. The zero-order valence-corrected chi connectivity index (χ0v) is 11.2. The summed E-state index contributed by atoms with van der Waals surface area (Å²) in [5.74, 6) is 0.997. The Kier molecular flexibility index (Phi) is 4.36. The smallest absolute Gasteiger partial charge is 0.0900 e. The summed E-state index contributed by atoms with van der Waals surface area (Å²) in [7, 11) is 0. The van der Waals surface area contributed by atoms with Crippen LogP contribution in [0.15, 0.2) is 0 Å². The van der Waals surface area contributed by atoms with E-state index in [1.54, 1.807) is 0 Å². The standard InChI is InChI=1S/C13H22N2S/c1-10-13(16-11(2)15-10)9-14-8-7-12-5-3-4-6-12/h12,14H,3-9H2,1-2H3. The van der Waals surface area contributed by atoms with Gasteiger partial charge in [-0.2, -0.15) is 0 Å². The van der Waals surface area contributed by atoms with Crippen LogP contribution in [0, 0.1) is 19.8 Å². The average Bonchev–Trinajstić information content (AvgIpc) is 2.84. The molecular formula is C13H22N2S. The number of hydrogen-bond acceptors (Lipinski definition) is 3. The predicted molar refractivity (Wildman–Crippen MR) is 69.9 cm³/mol. The summed E-state index contributed by atoms with van der Waals surface area (Å²) >= 11 is 1.82. The number of nitrogens with one attached hydrogen (secondary N) is 1. The van der Waals surface area contributed by atoms with Crippen LogP contribution in [0.5, 0.6) is 0 Å². The molecule has 3 heteroatoms. The van der Waals surface area contributed by atoms with Crippen LogP contribution < -0.4 is 5.32 Å². The Hall–Kier alpha value is -0.410. The van der Waals surface area contributed by atoms with E-state index in [-0.39, 0.29) is 0 Å². The Bertz CT molecular complexity index is 327.